The van der Waals surface area contributed by atoms with Crippen molar-refractivity contribution in [3.05, 3.63) is 63.1 Å². The van der Waals surface area contributed by atoms with Crippen molar-refractivity contribution < 1.29 is 4.79 Å². The summed E-state index contributed by atoms with van der Waals surface area (Å²) in [5.41, 5.74) is 3.99. The topological polar surface area (TPSA) is 72.2 Å². The fraction of sp³-hybridized carbons (Fsp3) is 0.158. The summed E-state index contributed by atoms with van der Waals surface area (Å²) in [6, 6.07) is 12.6. The van der Waals surface area contributed by atoms with Gasteiger partial charge in [0, 0.05) is 22.7 Å². The maximum Gasteiger partial charge on any atom is 0.250 e. The molecule has 0 unspecified atom stereocenters. The van der Waals surface area contributed by atoms with Crippen molar-refractivity contribution in [1.29, 1.82) is 0 Å². The van der Waals surface area contributed by atoms with Gasteiger partial charge in [-0.3, -0.25) is 4.79 Å². The molecule has 2 aromatic carbocycles. The van der Waals surface area contributed by atoms with Crippen molar-refractivity contribution >= 4 is 58.7 Å². The molecule has 0 saturated heterocycles. The number of thioether (sulfide) groups is 1. The lowest BCUT2D eigenvalue weighted by Gasteiger charge is -2.07. The van der Waals surface area contributed by atoms with Crippen molar-refractivity contribution in [2.75, 3.05) is 5.75 Å². The van der Waals surface area contributed by atoms with E-state index in [1.165, 1.54) is 18.0 Å². The average molecular weight is 469 g/mol. The van der Waals surface area contributed by atoms with E-state index in [0.29, 0.717) is 32.3 Å². The molecule has 0 radical (unpaired) electrons. The molecule has 0 atom stereocenters. The van der Waals surface area contributed by atoms with Crippen molar-refractivity contribution in [1.82, 2.24) is 20.2 Å². The largest absolute Gasteiger partial charge is 0.302 e. The first-order chi connectivity index (χ1) is 14.0. The van der Waals surface area contributed by atoms with Crippen LogP contribution in [0.3, 0.4) is 0 Å². The zero-order chi connectivity index (χ0) is 20.8. The first-order valence-electron chi connectivity index (χ1n) is 8.57. The minimum Gasteiger partial charge on any atom is -0.302 e. The molecular formula is C19H16Cl3N5OS. The number of benzene rings is 2. The summed E-state index contributed by atoms with van der Waals surface area (Å²) >= 11 is 19.3. The Bertz CT molecular complexity index is 1040. The van der Waals surface area contributed by atoms with E-state index in [4.69, 9.17) is 34.8 Å². The number of carbonyl (C=O) groups excluding carboxylic acids is 1. The maximum absolute atomic E-state index is 12.1. The molecule has 0 aliphatic carbocycles. The Hall–Kier alpha value is -2.06. The van der Waals surface area contributed by atoms with Crippen LogP contribution < -0.4 is 5.43 Å². The van der Waals surface area contributed by atoms with Gasteiger partial charge in [0.1, 0.15) is 0 Å². The Morgan fingerprint density at radius 2 is 1.93 bits per heavy atom. The summed E-state index contributed by atoms with van der Waals surface area (Å²) in [5, 5.41) is 14.5. The van der Waals surface area contributed by atoms with Gasteiger partial charge >= 0.3 is 0 Å². The molecule has 6 nitrogen and oxygen atoms in total. The van der Waals surface area contributed by atoms with Gasteiger partial charge in [-0.05, 0) is 37.3 Å². The summed E-state index contributed by atoms with van der Waals surface area (Å²) in [6.07, 6.45) is 1.45. The summed E-state index contributed by atoms with van der Waals surface area (Å²) < 4.78 is 1.94. The number of rotatable bonds is 7. The summed E-state index contributed by atoms with van der Waals surface area (Å²) in [4.78, 5) is 12.1. The van der Waals surface area contributed by atoms with Crippen molar-refractivity contribution in [3.63, 3.8) is 0 Å². The molecule has 1 aromatic heterocycles. The van der Waals surface area contributed by atoms with Crippen LogP contribution in [0.2, 0.25) is 15.1 Å². The van der Waals surface area contributed by atoms with Crippen LogP contribution in [0.15, 0.2) is 52.7 Å². The third kappa shape index (κ3) is 5.51. The third-order valence-electron chi connectivity index (χ3n) is 3.84. The van der Waals surface area contributed by atoms with Crippen molar-refractivity contribution in [2.45, 2.75) is 18.6 Å². The van der Waals surface area contributed by atoms with E-state index in [1.807, 2.05) is 23.6 Å². The highest BCUT2D eigenvalue weighted by Gasteiger charge is 2.14. The highest BCUT2D eigenvalue weighted by molar-refractivity contribution is 7.99. The number of hydrazone groups is 1. The van der Waals surface area contributed by atoms with E-state index in [0.717, 1.165) is 11.4 Å². The molecule has 1 N–H and O–H groups in total. The van der Waals surface area contributed by atoms with Gasteiger partial charge < -0.3 is 4.57 Å². The number of nitrogens with zero attached hydrogens (tertiary/aromatic N) is 4. The normalized spacial score (nSPS) is 11.2. The average Bonchev–Trinajstić information content (AvgIpc) is 3.13. The minimum atomic E-state index is -0.275. The van der Waals surface area contributed by atoms with Gasteiger partial charge in [0.15, 0.2) is 11.0 Å². The number of hydrogen-bond acceptors (Lipinski definition) is 5. The lowest BCUT2D eigenvalue weighted by molar-refractivity contribution is -0.118. The lowest BCUT2D eigenvalue weighted by atomic mass is 10.2. The number of amides is 1. The number of halogens is 3. The molecular weight excluding hydrogens is 453 g/mol. The monoisotopic (exact) mass is 467 g/mol. The van der Waals surface area contributed by atoms with Crippen LogP contribution in [-0.2, 0) is 11.3 Å². The van der Waals surface area contributed by atoms with E-state index in [1.54, 1.807) is 30.3 Å². The second kappa shape index (κ2) is 10.1. The first-order valence-corrected chi connectivity index (χ1v) is 10.7. The van der Waals surface area contributed by atoms with Crippen LogP contribution in [0.25, 0.3) is 11.4 Å². The smallest absolute Gasteiger partial charge is 0.250 e. The number of aromatic nitrogens is 3. The van der Waals surface area contributed by atoms with Gasteiger partial charge in [-0.25, -0.2) is 5.43 Å². The summed E-state index contributed by atoms with van der Waals surface area (Å²) in [6.45, 7) is 2.66. The Labute approximate surface area is 187 Å². The third-order valence-corrected chi connectivity index (χ3v) is 5.89. The molecule has 29 heavy (non-hydrogen) atoms. The Kier molecular flexibility index (Phi) is 7.55. The van der Waals surface area contributed by atoms with Gasteiger partial charge in [0.25, 0.3) is 5.91 Å². The molecule has 1 amide bonds. The van der Waals surface area contributed by atoms with E-state index in [9.17, 15) is 4.79 Å². The van der Waals surface area contributed by atoms with Gasteiger partial charge in [-0.1, -0.05) is 58.7 Å². The van der Waals surface area contributed by atoms with Gasteiger partial charge in [0.05, 0.1) is 22.0 Å². The number of carbonyl (C=O) groups is 1. The van der Waals surface area contributed by atoms with Crippen LogP contribution in [-0.4, -0.2) is 32.6 Å². The zero-order valence-electron chi connectivity index (χ0n) is 15.3. The molecule has 3 rings (SSSR count). The van der Waals surface area contributed by atoms with Crippen LogP contribution in [0.5, 0.6) is 0 Å². The summed E-state index contributed by atoms with van der Waals surface area (Å²) in [5.74, 6) is 0.586. The molecule has 0 aliphatic heterocycles. The second-order valence-electron chi connectivity index (χ2n) is 5.78. The van der Waals surface area contributed by atoms with Gasteiger partial charge in [0.2, 0.25) is 0 Å². The van der Waals surface area contributed by atoms with Crippen LogP contribution in [0.1, 0.15) is 12.5 Å². The molecule has 0 spiro atoms. The van der Waals surface area contributed by atoms with Crippen molar-refractivity contribution in [2.24, 2.45) is 5.10 Å². The highest BCUT2D eigenvalue weighted by atomic mass is 35.5. The van der Waals surface area contributed by atoms with E-state index < -0.39 is 0 Å². The molecule has 10 heteroatoms. The van der Waals surface area contributed by atoms with Gasteiger partial charge in [-0.15, -0.1) is 10.2 Å². The quantitative estimate of drug-likeness (QED) is 0.295. The standard InChI is InChI=1S/C19H16Cl3N5OS/c1-2-27-18(12-6-8-14(20)9-7-12)25-26-19(27)29-11-16(28)24-23-10-13-4-3-5-15(21)17(13)22/h3-10H,2,11H2,1H3,(H,24,28)/b23-10+. The Balaban J connectivity index is 1.61. The predicted molar refractivity (Wildman–Crippen MR) is 119 cm³/mol. The number of nitrogens with one attached hydrogen (secondary N) is 1. The molecule has 0 bridgehead atoms. The van der Waals surface area contributed by atoms with E-state index in [2.05, 4.69) is 20.7 Å². The fourth-order valence-corrected chi connectivity index (χ4v) is 3.73. The molecule has 150 valence electrons. The van der Waals surface area contributed by atoms with E-state index >= 15 is 0 Å². The highest BCUT2D eigenvalue weighted by Crippen LogP contribution is 2.25. The van der Waals surface area contributed by atoms with Crippen LogP contribution in [0.4, 0.5) is 0 Å². The van der Waals surface area contributed by atoms with Crippen molar-refractivity contribution in [3.8, 4) is 11.4 Å². The molecule has 0 aliphatic rings. The van der Waals surface area contributed by atoms with Crippen LogP contribution >= 0.6 is 46.6 Å². The minimum absolute atomic E-state index is 0.138. The SMILES string of the molecule is CCn1c(SCC(=O)N/N=C/c2cccc(Cl)c2Cl)nnc1-c1ccc(Cl)cc1. The predicted octanol–water partition coefficient (Wildman–Crippen LogP) is 5.17. The lowest BCUT2D eigenvalue weighted by Crippen LogP contribution is -2.20. The molecule has 1 heterocycles. The Morgan fingerprint density at radius 1 is 1.17 bits per heavy atom. The molecule has 0 fully saturated rings. The van der Waals surface area contributed by atoms with Gasteiger partial charge in [-0.2, -0.15) is 5.10 Å². The Morgan fingerprint density at radius 3 is 2.66 bits per heavy atom. The fourth-order valence-electron chi connectivity index (χ4n) is 2.45. The van der Waals surface area contributed by atoms with E-state index in [-0.39, 0.29) is 11.7 Å². The zero-order valence-corrected chi connectivity index (χ0v) is 18.4. The molecule has 3 aromatic rings. The molecule has 0 saturated carbocycles. The summed E-state index contributed by atoms with van der Waals surface area (Å²) in [7, 11) is 0. The second-order valence-corrected chi connectivity index (χ2v) is 7.95. The van der Waals surface area contributed by atoms with Crippen LogP contribution in [0, 0.1) is 0 Å². The first kappa shape index (κ1) is 21.6. The number of hydrogen-bond donors (Lipinski definition) is 1. The maximum atomic E-state index is 12.1.